The summed E-state index contributed by atoms with van der Waals surface area (Å²) in [7, 11) is 0. The molecule has 132 valence electrons. The first-order valence-corrected chi connectivity index (χ1v) is 9.15. The van der Waals surface area contributed by atoms with Crippen molar-refractivity contribution >= 4 is 5.97 Å². The average Bonchev–Trinajstić information content (AvgIpc) is 2.68. The topological polar surface area (TPSA) is 42.4 Å². The average molecular weight is 338 g/mol. The van der Waals surface area contributed by atoms with E-state index < -0.39 is 0 Å². The van der Waals surface area contributed by atoms with Crippen LogP contribution in [-0.2, 0) is 11.2 Å². The molecule has 1 aliphatic heterocycles. The predicted molar refractivity (Wildman–Crippen MR) is 98.8 cm³/mol. The minimum absolute atomic E-state index is 0.236. The molecule has 0 radical (unpaired) electrons. The zero-order valence-electron chi connectivity index (χ0n) is 14.9. The van der Waals surface area contributed by atoms with Crippen LogP contribution in [0.4, 0.5) is 0 Å². The molecule has 1 aromatic carbocycles. The molecule has 2 heterocycles. The number of carbonyl (C=O) groups is 1. The van der Waals surface area contributed by atoms with Gasteiger partial charge in [0.25, 0.3) is 0 Å². The lowest BCUT2D eigenvalue weighted by Gasteiger charge is -2.31. The number of carbonyl (C=O) groups excluding carboxylic acids is 1. The Kier molecular flexibility index (Phi) is 6.18. The molecule has 4 nitrogen and oxygen atoms in total. The summed E-state index contributed by atoms with van der Waals surface area (Å²) in [5.74, 6) is 0.352. The van der Waals surface area contributed by atoms with Crippen molar-refractivity contribution in [2.45, 2.75) is 32.1 Å². The lowest BCUT2D eigenvalue weighted by molar-refractivity contribution is 0.0526. The number of hydrogen-bond acceptors (Lipinski definition) is 4. The zero-order valence-corrected chi connectivity index (χ0v) is 14.9. The number of rotatable bonds is 6. The maximum Gasteiger partial charge on any atom is 0.338 e. The van der Waals surface area contributed by atoms with Gasteiger partial charge in [0.2, 0.25) is 0 Å². The largest absolute Gasteiger partial charge is 0.462 e. The van der Waals surface area contributed by atoms with Crippen LogP contribution in [0, 0.1) is 0 Å². The Hall–Kier alpha value is -2.20. The third kappa shape index (κ3) is 4.89. The summed E-state index contributed by atoms with van der Waals surface area (Å²) in [5, 5.41) is 0. The molecule has 2 aromatic rings. The van der Waals surface area contributed by atoms with Gasteiger partial charge in [-0.15, -0.1) is 0 Å². The fraction of sp³-hybridized carbons (Fsp3) is 0.429. The zero-order chi connectivity index (χ0) is 17.5. The van der Waals surface area contributed by atoms with E-state index in [2.05, 4.69) is 28.1 Å². The molecule has 0 saturated carbocycles. The molecule has 0 aliphatic carbocycles. The van der Waals surface area contributed by atoms with E-state index in [0.29, 0.717) is 18.1 Å². The molecule has 0 amide bonds. The number of ether oxygens (including phenoxy) is 1. The van der Waals surface area contributed by atoms with Gasteiger partial charge in [-0.25, -0.2) is 4.79 Å². The van der Waals surface area contributed by atoms with Crippen LogP contribution in [0.5, 0.6) is 0 Å². The molecule has 25 heavy (non-hydrogen) atoms. The molecule has 0 spiro atoms. The van der Waals surface area contributed by atoms with Gasteiger partial charge in [0.15, 0.2) is 0 Å². The van der Waals surface area contributed by atoms with Gasteiger partial charge in [0.1, 0.15) is 0 Å². The molecule has 1 saturated heterocycles. The Balaban J connectivity index is 1.49. The summed E-state index contributed by atoms with van der Waals surface area (Å²) in [6, 6.07) is 14.0. The lowest BCUT2D eigenvalue weighted by Crippen LogP contribution is -2.34. The Morgan fingerprint density at radius 3 is 2.76 bits per heavy atom. The van der Waals surface area contributed by atoms with Gasteiger partial charge in [-0.05, 0) is 69.1 Å². The number of esters is 1. The summed E-state index contributed by atoms with van der Waals surface area (Å²) in [6.45, 7) is 5.49. The Morgan fingerprint density at radius 1 is 1.20 bits per heavy atom. The van der Waals surface area contributed by atoms with E-state index in [1.165, 1.54) is 24.1 Å². The molecule has 0 bridgehead atoms. The predicted octanol–water partition coefficient (Wildman–Crippen LogP) is 3.68. The van der Waals surface area contributed by atoms with Crippen LogP contribution in [-0.4, -0.2) is 42.1 Å². The summed E-state index contributed by atoms with van der Waals surface area (Å²) in [4.78, 5) is 18.8. The van der Waals surface area contributed by atoms with E-state index in [9.17, 15) is 4.79 Å². The number of piperidine rings is 1. The van der Waals surface area contributed by atoms with Crippen molar-refractivity contribution in [2.75, 3.05) is 26.2 Å². The number of benzene rings is 1. The maximum absolute atomic E-state index is 11.8. The molecule has 1 fully saturated rings. The van der Waals surface area contributed by atoms with Crippen molar-refractivity contribution in [1.29, 1.82) is 0 Å². The highest BCUT2D eigenvalue weighted by atomic mass is 16.5. The summed E-state index contributed by atoms with van der Waals surface area (Å²) in [5.41, 5.74) is 3.06. The fourth-order valence-corrected chi connectivity index (χ4v) is 3.43. The fourth-order valence-electron chi connectivity index (χ4n) is 3.43. The van der Waals surface area contributed by atoms with Crippen LogP contribution in [0.3, 0.4) is 0 Å². The van der Waals surface area contributed by atoms with Crippen molar-refractivity contribution in [3.05, 3.63) is 65.5 Å². The normalized spacial score (nSPS) is 15.9. The SMILES string of the molecule is CCOC(=O)c1cccc(CCN2CCC(c3ccccn3)CC2)c1. The number of nitrogens with zero attached hydrogens (tertiary/aromatic N) is 2. The lowest BCUT2D eigenvalue weighted by atomic mass is 9.93. The van der Waals surface area contributed by atoms with Crippen molar-refractivity contribution in [3.63, 3.8) is 0 Å². The smallest absolute Gasteiger partial charge is 0.338 e. The summed E-state index contributed by atoms with van der Waals surface area (Å²) in [6.07, 6.45) is 5.18. The molecule has 1 aromatic heterocycles. The highest BCUT2D eigenvalue weighted by Gasteiger charge is 2.21. The first kappa shape index (κ1) is 17.6. The highest BCUT2D eigenvalue weighted by molar-refractivity contribution is 5.89. The van der Waals surface area contributed by atoms with Crippen molar-refractivity contribution in [2.24, 2.45) is 0 Å². The van der Waals surface area contributed by atoms with Gasteiger partial charge in [-0.1, -0.05) is 18.2 Å². The number of pyridine rings is 1. The molecule has 1 aliphatic rings. The maximum atomic E-state index is 11.8. The first-order chi connectivity index (χ1) is 12.3. The third-order valence-corrected chi connectivity index (χ3v) is 4.85. The van der Waals surface area contributed by atoms with E-state index >= 15 is 0 Å². The Bertz CT molecular complexity index is 679. The van der Waals surface area contributed by atoms with Crippen LogP contribution in [0.25, 0.3) is 0 Å². The molecule has 0 atom stereocenters. The quantitative estimate of drug-likeness (QED) is 0.754. The molecular formula is C21H26N2O2. The van der Waals surface area contributed by atoms with E-state index in [4.69, 9.17) is 4.74 Å². The van der Waals surface area contributed by atoms with Crippen LogP contribution in [0.15, 0.2) is 48.7 Å². The van der Waals surface area contributed by atoms with Crippen molar-refractivity contribution < 1.29 is 9.53 Å². The van der Waals surface area contributed by atoms with Gasteiger partial charge in [0, 0.05) is 24.4 Å². The van der Waals surface area contributed by atoms with E-state index in [1.807, 2.05) is 37.4 Å². The van der Waals surface area contributed by atoms with Crippen LogP contribution in [0.2, 0.25) is 0 Å². The minimum Gasteiger partial charge on any atom is -0.462 e. The molecule has 0 N–H and O–H groups in total. The second-order valence-electron chi connectivity index (χ2n) is 6.54. The van der Waals surface area contributed by atoms with Crippen LogP contribution < -0.4 is 0 Å². The van der Waals surface area contributed by atoms with Gasteiger partial charge in [-0.2, -0.15) is 0 Å². The second-order valence-corrected chi connectivity index (χ2v) is 6.54. The standard InChI is InChI=1S/C21H26N2O2/c1-2-25-21(24)19-7-5-6-17(16-19)9-13-23-14-10-18(11-15-23)20-8-3-4-12-22-20/h3-8,12,16,18H,2,9-11,13-15H2,1H3. The van der Waals surface area contributed by atoms with Crippen LogP contribution in [0.1, 0.15) is 47.3 Å². The van der Waals surface area contributed by atoms with Crippen molar-refractivity contribution in [1.82, 2.24) is 9.88 Å². The van der Waals surface area contributed by atoms with E-state index in [1.54, 1.807) is 0 Å². The highest BCUT2D eigenvalue weighted by Crippen LogP contribution is 2.26. The number of hydrogen-bond donors (Lipinski definition) is 0. The van der Waals surface area contributed by atoms with Gasteiger partial charge in [0.05, 0.1) is 12.2 Å². The molecular weight excluding hydrogens is 312 g/mol. The first-order valence-electron chi connectivity index (χ1n) is 9.15. The Labute approximate surface area is 149 Å². The minimum atomic E-state index is -0.236. The second kappa shape index (κ2) is 8.77. The van der Waals surface area contributed by atoms with E-state index in [-0.39, 0.29) is 5.97 Å². The third-order valence-electron chi connectivity index (χ3n) is 4.85. The van der Waals surface area contributed by atoms with Gasteiger partial charge in [-0.3, -0.25) is 4.98 Å². The van der Waals surface area contributed by atoms with Gasteiger partial charge < -0.3 is 9.64 Å². The summed E-state index contributed by atoms with van der Waals surface area (Å²) < 4.78 is 5.08. The van der Waals surface area contributed by atoms with Crippen molar-refractivity contribution in [3.8, 4) is 0 Å². The molecule has 3 rings (SSSR count). The molecule has 4 heteroatoms. The number of aromatic nitrogens is 1. The number of likely N-dealkylation sites (tertiary alicyclic amines) is 1. The van der Waals surface area contributed by atoms with Crippen LogP contribution >= 0.6 is 0 Å². The summed E-state index contributed by atoms with van der Waals surface area (Å²) >= 11 is 0. The van der Waals surface area contributed by atoms with E-state index in [0.717, 1.165) is 26.1 Å². The van der Waals surface area contributed by atoms with Gasteiger partial charge >= 0.3 is 5.97 Å². The molecule has 0 unspecified atom stereocenters. The Morgan fingerprint density at radius 2 is 2.04 bits per heavy atom. The monoisotopic (exact) mass is 338 g/mol.